The largest absolute Gasteiger partial charge is 0.354 e. The van der Waals surface area contributed by atoms with Crippen molar-refractivity contribution in [3.63, 3.8) is 0 Å². The summed E-state index contributed by atoms with van der Waals surface area (Å²) in [5.74, 6) is -0.124. The zero-order valence-electron chi connectivity index (χ0n) is 14.0. The molecule has 1 aromatic heterocycles. The zero-order chi connectivity index (χ0) is 16.8. The Hall–Kier alpha value is -1.96. The van der Waals surface area contributed by atoms with Gasteiger partial charge in [-0.1, -0.05) is 6.42 Å². The topological polar surface area (TPSA) is 92.2 Å². The van der Waals surface area contributed by atoms with Crippen LogP contribution >= 0.6 is 0 Å². The Labute approximate surface area is 142 Å². The molecule has 2 aliphatic rings. The predicted octanol–water partition coefficient (Wildman–Crippen LogP) is -0.0825. The van der Waals surface area contributed by atoms with Gasteiger partial charge in [-0.05, 0) is 38.6 Å². The summed E-state index contributed by atoms with van der Waals surface area (Å²) in [6, 6.07) is -0.104. The van der Waals surface area contributed by atoms with Crippen molar-refractivity contribution in [2.24, 2.45) is 0 Å². The summed E-state index contributed by atoms with van der Waals surface area (Å²) in [6.07, 6.45) is 9.23. The predicted molar refractivity (Wildman–Crippen MR) is 88.0 cm³/mol. The van der Waals surface area contributed by atoms with Crippen molar-refractivity contribution >= 4 is 11.8 Å². The van der Waals surface area contributed by atoms with Crippen molar-refractivity contribution in [2.45, 2.75) is 57.2 Å². The van der Waals surface area contributed by atoms with Gasteiger partial charge in [0, 0.05) is 12.6 Å². The summed E-state index contributed by atoms with van der Waals surface area (Å²) in [4.78, 5) is 30.6. The van der Waals surface area contributed by atoms with E-state index in [0.29, 0.717) is 13.1 Å². The lowest BCUT2D eigenvalue weighted by molar-refractivity contribution is -0.130. The summed E-state index contributed by atoms with van der Waals surface area (Å²) in [6.45, 7) is 2.70. The van der Waals surface area contributed by atoms with Gasteiger partial charge in [-0.3, -0.25) is 19.2 Å². The van der Waals surface area contributed by atoms with Crippen LogP contribution in [0.3, 0.4) is 0 Å². The number of carbonyl (C=O) groups is 2. The molecular formula is C16H26N6O2. The van der Waals surface area contributed by atoms with Gasteiger partial charge < -0.3 is 10.6 Å². The Morgan fingerprint density at radius 3 is 3.00 bits per heavy atom. The first-order chi connectivity index (χ1) is 11.7. The molecule has 1 aromatic rings. The molecular weight excluding hydrogens is 308 g/mol. The minimum absolute atomic E-state index is 0.0568. The lowest BCUT2D eigenvalue weighted by Crippen LogP contribution is -2.51. The Morgan fingerprint density at radius 2 is 2.17 bits per heavy atom. The van der Waals surface area contributed by atoms with Crippen LogP contribution in [0.5, 0.6) is 0 Å². The highest BCUT2D eigenvalue weighted by Gasteiger charge is 2.27. The third-order valence-corrected chi connectivity index (χ3v) is 4.83. The van der Waals surface area contributed by atoms with Crippen molar-refractivity contribution in [3.05, 3.63) is 12.7 Å². The number of carbonyl (C=O) groups excluding carboxylic acids is 2. The van der Waals surface area contributed by atoms with Gasteiger partial charge in [-0.15, -0.1) is 0 Å². The summed E-state index contributed by atoms with van der Waals surface area (Å²) in [7, 11) is 0. The molecule has 0 radical (unpaired) electrons. The standard InChI is InChI=1S/C16H26N6O2/c23-15(20-14-6-1-3-7-18-16(14)24)10-21-8-4-2-5-13(21)9-22-12-17-11-19-22/h11-14H,1-10H2,(H,18,24)(H,20,23)/t13-,14+/m1/s1. The number of rotatable bonds is 5. The number of nitrogens with one attached hydrogen (secondary N) is 2. The normalized spacial score (nSPS) is 25.8. The maximum atomic E-state index is 12.4. The molecule has 132 valence electrons. The van der Waals surface area contributed by atoms with E-state index in [-0.39, 0.29) is 17.9 Å². The van der Waals surface area contributed by atoms with Crippen LogP contribution in [-0.2, 0) is 16.1 Å². The van der Waals surface area contributed by atoms with Crippen molar-refractivity contribution in [2.75, 3.05) is 19.6 Å². The molecule has 24 heavy (non-hydrogen) atoms. The minimum Gasteiger partial charge on any atom is -0.354 e. The smallest absolute Gasteiger partial charge is 0.242 e. The number of hydrogen-bond acceptors (Lipinski definition) is 5. The van der Waals surface area contributed by atoms with E-state index >= 15 is 0 Å². The Balaban J connectivity index is 1.54. The third-order valence-electron chi connectivity index (χ3n) is 4.83. The van der Waals surface area contributed by atoms with Crippen molar-refractivity contribution in [1.29, 1.82) is 0 Å². The van der Waals surface area contributed by atoms with Crippen LogP contribution in [0.2, 0.25) is 0 Å². The van der Waals surface area contributed by atoms with Gasteiger partial charge in [0.15, 0.2) is 0 Å². The second kappa shape index (κ2) is 8.23. The van der Waals surface area contributed by atoms with Gasteiger partial charge in [0.25, 0.3) is 0 Å². The molecule has 0 unspecified atom stereocenters. The van der Waals surface area contributed by atoms with Crippen LogP contribution in [0.4, 0.5) is 0 Å². The van der Waals surface area contributed by atoms with Crippen molar-refractivity contribution in [1.82, 2.24) is 30.3 Å². The average Bonchev–Trinajstić information content (AvgIpc) is 3.00. The number of hydrogen-bond donors (Lipinski definition) is 2. The molecule has 0 saturated carbocycles. The van der Waals surface area contributed by atoms with Gasteiger partial charge in [-0.25, -0.2) is 4.98 Å². The highest BCUT2D eigenvalue weighted by atomic mass is 16.2. The van der Waals surface area contributed by atoms with E-state index in [9.17, 15) is 9.59 Å². The lowest BCUT2D eigenvalue weighted by Gasteiger charge is -2.35. The quantitative estimate of drug-likeness (QED) is 0.786. The molecule has 0 aliphatic carbocycles. The number of amides is 2. The van der Waals surface area contributed by atoms with E-state index in [1.807, 2.05) is 4.68 Å². The fraction of sp³-hybridized carbons (Fsp3) is 0.750. The molecule has 2 aliphatic heterocycles. The first-order valence-corrected chi connectivity index (χ1v) is 8.86. The minimum atomic E-state index is -0.390. The third kappa shape index (κ3) is 4.53. The zero-order valence-corrected chi connectivity index (χ0v) is 14.0. The van der Waals surface area contributed by atoms with E-state index in [0.717, 1.165) is 45.2 Å². The first-order valence-electron chi connectivity index (χ1n) is 8.86. The van der Waals surface area contributed by atoms with Crippen LogP contribution in [-0.4, -0.2) is 63.2 Å². The summed E-state index contributed by atoms with van der Waals surface area (Å²) < 4.78 is 1.82. The summed E-state index contributed by atoms with van der Waals surface area (Å²) in [5.41, 5.74) is 0. The van der Waals surface area contributed by atoms with Gasteiger partial charge in [-0.2, -0.15) is 5.10 Å². The SMILES string of the molecule is O=C(CN1CCCC[C@@H]1Cn1cncn1)N[C@H]1CCCCNC1=O. The molecule has 3 heterocycles. The molecule has 0 bridgehead atoms. The first kappa shape index (κ1) is 16.9. The van der Waals surface area contributed by atoms with Gasteiger partial charge >= 0.3 is 0 Å². The van der Waals surface area contributed by atoms with E-state index in [4.69, 9.17) is 0 Å². The van der Waals surface area contributed by atoms with E-state index in [2.05, 4.69) is 25.6 Å². The lowest BCUT2D eigenvalue weighted by atomic mass is 10.0. The average molecular weight is 334 g/mol. The van der Waals surface area contributed by atoms with E-state index in [1.165, 1.54) is 12.7 Å². The van der Waals surface area contributed by atoms with Crippen LogP contribution in [0.1, 0.15) is 38.5 Å². The maximum Gasteiger partial charge on any atom is 0.242 e. The van der Waals surface area contributed by atoms with Crippen molar-refractivity contribution < 1.29 is 9.59 Å². The summed E-state index contributed by atoms with van der Waals surface area (Å²) in [5, 5.41) is 9.93. The maximum absolute atomic E-state index is 12.4. The fourth-order valence-corrected chi connectivity index (χ4v) is 3.52. The van der Waals surface area contributed by atoms with Crippen LogP contribution in [0, 0.1) is 0 Å². The Morgan fingerprint density at radius 1 is 1.29 bits per heavy atom. The van der Waals surface area contributed by atoms with E-state index in [1.54, 1.807) is 6.33 Å². The van der Waals surface area contributed by atoms with Crippen LogP contribution < -0.4 is 10.6 Å². The molecule has 0 spiro atoms. The molecule has 8 heteroatoms. The highest BCUT2D eigenvalue weighted by Crippen LogP contribution is 2.18. The number of likely N-dealkylation sites (tertiary alicyclic amines) is 1. The molecule has 8 nitrogen and oxygen atoms in total. The molecule has 3 rings (SSSR count). The molecule has 2 fully saturated rings. The van der Waals surface area contributed by atoms with Crippen LogP contribution in [0.25, 0.3) is 0 Å². The fourth-order valence-electron chi connectivity index (χ4n) is 3.52. The summed E-state index contributed by atoms with van der Waals surface area (Å²) >= 11 is 0. The second-order valence-corrected chi connectivity index (χ2v) is 6.64. The second-order valence-electron chi connectivity index (χ2n) is 6.64. The number of piperidine rings is 1. The van der Waals surface area contributed by atoms with Gasteiger partial charge in [0.2, 0.25) is 11.8 Å². The Bertz CT molecular complexity index is 547. The van der Waals surface area contributed by atoms with Crippen molar-refractivity contribution in [3.8, 4) is 0 Å². The molecule has 2 amide bonds. The van der Waals surface area contributed by atoms with Gasteiger partial charge in [0.1, 0.15) is 18.7 Å². The molecule has 2 N–H and O–H groups in total. The highest BCUT2D eigenvalue weighted by molar-refractivity contribution is 5.88. The van der Waals surface area contributed by atoms with E-state index < -0.39 is 6.04 Å². The van der Waals surface area contributed by atoms with Gasteiger partial charge in [0.05, 0.1) is 13.1 Å². The monoisotopic (exact) mass is 334 g/mol. The number of nitrogens with zero attached hydrogens (tertiary/aromatic N) is 4. The molecule has 2 saturated heterocycles. The van der Waals surface area contributed by atoms with Crippen LogP contribution in [0.15, 0.2) is 12.7 Å². The molecule has 0 aromatic carbocycles. The molecule has 2 atom stereocenters. The Kier molecular flexibility index (Phi) is 5.79. The number of aromatic nitrogens is 3.